The van der Waals surface area contributed by atoms with Crippen LogP contribution in [0.2, 0.25) is 0 Å². The van der Waals surface area contributed by atoms with Gasteiger partial charge in [-0.25, -0.2) is 4.79 Å². The molecule has 0 radical (unpaired) electrons. The minimum Gasteiger partial charge on any atom is -0.444 e. The van der Waals surface area contributed by atoms with Crippen LogP contribution in [-0.2, 0) is 85.3 Å². The first-order valence-corrected chi connectivity index (χ1v) is 20.9. The van der Waals surface area contributed by atoms with Gasteiger partial charge in [0, 0.05) is 34.4 Å². The van der Waals surface area contributed by atoms with Crippen molar-refractivity contribution in [3.8, 4) is 0 Å². The highest BCUT2D eigenvalue weighted by atomic mass is 16.6. The zero-order valence-corrected chi connectivity index (χ0v) is 38.0. The zero-order chi connectivity index (χ0) is 44.8. The van der Waals surface area contributed by atoms with Crippen LogP contribution in [0.3, 0.4) is 0 Å². The van der Waals surface area contributed by atoms with Gasteiger partial charge in [0.25, 0.3) is 0 Å². The lowest BCUT2D eigenvalue weighted by atomic mass is 10.1. The Morgan fingerprint density at radius 2 is 0.672 bits per heavy atom. The van der Waals surface area contributed by atoms with Gasteiger partial charge in [-0.15, -0.1) is 0 Å². The summed E-state index contributed by atoms with van der Waals surface area (Å²) in [7, 11) is 4.86. The average Bonchev–Trinajstić information content (AvgIpc) is 3.22. The maximum absolute atomic E-state index is 12.6. The molecule has 0 aromatic carbocycles. The average molecular weight is 893 g/mol. The number of ether oxygens (including phenoxy) is 17. The van der Waals surface area contributed by atoms with Gasteiger partial charge in [-0.1, -0.05) is 0 Å². The Hall–Kier alpha value is -1.90. The van der Waals surface area contributed by atoms with Crippen LogP contribution < -0.4 is 10.6 Å². The van der Waals surface area contributed by atoms with E-state index in [-0.39, 0.29) is 71.9 Å². The van der Waals surface area contributed by atoms with Gasteiger partial charge in [0.1, 0.15) is 17.8 Å². The smallest absolute Gasteiger partial charge is 0.407 e. The van der Waals surface area contributed by atoms with Crippen molar-refractivity contribution >= 4 is 12.0 Å². The highest BCUT2D eigenvalue weighted by Crippen LogP contribution is 2.15. The fourth-order valence-electron chi connectivity index (χ4n) is 4.43. The lowest BCUT2D eigenvalue weighted by Crippen LogP contribution is -2.49. The van der Waals surface area contributed by atoms with Crippen LogP contribution in [0.1, 0.15) is 20.8 Å². The number of hydrogen-bond acceptors (Lipinski definition) is 19. The highest BCUT2D eigenvalue weighted by Gasteiger charge is 2.33. The second kappa shape index (κ2) is 44.7. The molecule has 0 rings (SSSR count). The molecule has 0 saturated carbocycles. The van der Waals surface area contributed by atoms with Crippen LogP contribution in [0.5, 0.6) is 0 Å². The van der Waals surface area contributed by atoms with Crippen LogP contribution in [0.25, 0.3) is 0 Å². The fourth-order valence-corrected chi connectivity index (χ4v) is 4.43. The van der Waals surface area contributed by atoms with Gasteiger partial charge in [0.2, 0.25) is 5.91 Å². The molecule has 2 N–H and O–H groups in total. The Morgan fingerprint density at radius 1 is 0.377 bits per heavy atom. The molecule has 61 heavy (non-hydrogen) atoms. The summed E-state index contributed by atoms with van der Waals surface area (Å²) in [5, 5.41) is 5.31. The van der Waals surface area contributed by atoms with E-state index in [0.717, 1.165) is 0 Å². The van der Waals surface area contributed by atoms with E-state index in [4.69, 9.17) is 80.5 Å². The number of amides is 2. The molecule has 0 aliphatic carbocycles. The number of hydrogen-bond donors (Lipinski definition) is 2. The third-order valence-electron chi connectivity index (χ3n) is 7.35. The standard InChI is InChI=1S/C40H80N2O19/c1-39(2,3)61-38(44)42-8-7-41-37(43)33-59-36-40(60-32-31-56-26-25-53-20-17-50-14-11-47-6,34-57-29-27-54-23-21-51-18-15-48-12-9-45-4)35-58-30-28-55-24-22-52-19-16-49-13-10-46-5/h7-36H2,1-6H3,(H,41,43)(H,42,44). The summed E-state index contributed by atoms with van der Waals surface area (Å²) in [6, 6.07) is 0. The van der Waals surface area contributed by atoms with E-state index < -0.39 is 17.3 Å². The van der Waals surface area contributed by atoms with E-state index >= 15 is 0 Å². The van der Waals surface area contributed by atoms with Crippen molar-refractivity contribution in [1.29, 1.82) is 0 Å². The van der Waals surface area contributed by atoms with E-state index in [2.05, 4.69) is 10.6 Å². The van der Waals surface area contributed by atoms with E-state index in [1.165, 1.54) is 0 Å². The summed E-state index contributed by atoms with van der Waals surface area (Å²) in [5.41, 5.74) is -1.76. The first-order valence-electron chi connectivity index (χ1n) is 20.9. The fraction of sp³-hybridized carbons (Fsp3) is 0.950. The molecule has 0 heterocycles. The van der Waals surface area contributed by atoms with Gasteiger partial charge in [-0.3, -0.25) is 4.79 Å². The summed E-state index contributed by atoms with van der Waals surface area (Å²) in [4.78, 5) is 24.6. The van der Waals surface area contributed by atoms with E-state index in [1.54, 1.807) is 42.1 Å². The maximum Gasteiger partial charge on any atom is 0.407 e. The van der Waals surface area contributed by atoms with Crippen molar-refractivity contribution in [3.63, 3.8) is 0 Å². The van der Waals surface area contributed by atoms with Crippen molar-refractivity contribution in [2.45, 2.75) is 32.0 Å². The summed E-state index contributed by atoms with van der Waals surface area (Å²) in [5.74, 6) is -0.386. The maximum atomic E-state index is 12.6. The molecule has 0 aliphatic heterocycles. The molecule has 364 valence electrons. The molecule has 21 heteroatoms. The minimum absolute atomic E-state index is 0.0505. The molecule has 0 aromatic rings. The predicted octanol–water partition coefficient (Wildman–Crippen LogP) is 0.521. The molecular formula is C40H80N2O19. The minimum atomic E-state index is -1.13. The van der Waals surface area contributed by atoms with Crippen LogP contribution in [0, 0.1) is 0 Å². The molecule has 0 aliphatic rings. The van der Waals surface area contributed by atoms with Gasteiger partial charge in [0.15, 0.2) is 0 Å². The molecule has 0 saturated heterocycles. The highest BCUT2D eigenvalue weighted by molar-refractivity contribution is 5.77. The number of methoxy groups -OCH3 is 3. The molecular weight excluding hydrogens is 812 g/mol. The Bertz CT molecular complexity index is 920. The Kier molecular flexibility index (Phi) is 43.3. The molecule has 0 unspecified atom stereocenters. The molecule has 0 fully saturated rings. The first kappa shape index (κ1) is 59.1. The Morgan fingerprint density at radius 3 is 1.02 bits per heavy atom. The number of alkyl carbamates (subject to hydrolysis) is 1. The number of rotatable bonds is 48. The van der Waals surface area contributed by atoms with Crippen LogP contribution in [-0.4, -0.2) is 243 Å². The summed E-state index contributed by atoms with van der Waals surface area (Å²) < 4.78 is 94.1. The second-order valence-electron chi connectivity index (χ2n) is 13.9. The van der Waals surface area contributed by atoms with E-state index in [0.29, 0.717) is 132 Å². The van der Waals surface area contributed by atoms with Crippen molar-refractivity contribution in [3.05, 3.63) is 0 Å². The Balaban J connectivity index is 5.13. The van der Waals surface area contributed by atoms with Gasteiger partial charge < -0.3 is 91.2 Å². The summed E-state index contributed by atoms with van der Waals surface area (Å²) >= 11 is 0. The number of carbonyl (C=O) groups excluding carboxylic acids is 2. The molecule has 0 atom stereocenters. The van der Waals surface area contributed by atoms with Crippen LogP contribution in [0.4, 0.5) is 4.79 Å². The van der Waals surface area contributed by atoms with Gasteiger partial charge >= 0.3 is 6.09 Å². The third-order valence-corrected chi connectivity index (χ3v) is 7.35. The quantitative estimate of drug-likeness (QED) is 0.0797. The van der Waals surface area contributed by atoms with Gasteiger partial charge in [0.05, 0.1) is 178 Å². The van der Waals surface area contributed by atoms with Gasteiger partial charge in [-0.2, -0.15) is 0 Å². The monoisotopic (exact) mass is 893 g/mol. The lowest BCUT2D eigenvalue weighted by Gasteiger charge is -2.33. The zero-order valence-electron chi connectivity index (χ0n) is 38.0. The predicted molar refractivity (Wildman–Crippen MR) is 221 cm³/mol. The van der Waals surface area contributed by atoms with Crippen LogP contribution >= 0.6 is 0 Å². The van der Waals surface area contributed by atoms with Crippen LogP contribution in [0.15, 0.2) is 0 Å². The second-order valence-corrected chi connectivity index (χ2v) is 13.9. The van der Waals surface area contributed by atoms with Crippen molar-refractivity contribution in [2.75, 3.05) is 219 Å². The largest absolute Gasteiger partial charge is 0.444 e. The van der Waals surface area contributed by atoms with Crippen molar-refractivity contribution in [2.24, 2.45) is 0 Å². The lowest BCUT2D eigenvalue weighted by molar-refractivity contribution is -0.178. The third kappa shape index (κ3) is 44.5. The van der Waals surface area contributed by atoms with E-state index in [1.807, 2.05) is 0 Å². The molecule has 0 bridgehead atoms. The SMILES string of the molecule is COCCOCCOCCOCCOCC(COCCOCCOCCOCCOC)(COCC(=O)NCCNC(=O)OC(C)(C)C)OCCOCCOCCOCCOC. The summed E-state index contributed by atoms with van der Waals surface area (Å²) in [6.45, 7) is 15.2. The molecule has 21 nitrogen and oxygen atoms in total. The number of carbonyl (C=O) groups is 2. The van der Waals surface area contributed by atoms with Crippen molar-refractivity contribution in [1.82, 2.24) is 10.6 Å². The topological polar surface area (TPSA) is 215 Å². The first-order chi connectivity index (χ1) is 29.7. The van der Waals surface area contributed by atoms with E-state index in [9.17, 15) is 9.59 Å². The molecule has 2 amide bonds. The Labute approximate surface area is 363 Å². The summed E-state index contributed by atoms with van der Waals surface area (Å²) in [6.07, 6.45) is -0.573. The molecule has 0 aromatic heterocycles. The van der Waals surface area contributed by atoms with Crippen molar-refractivity contribution < 1.29 is 90.1 Å². The normalized spacial score (nSPS) is 12.0. The van der Waals surface area contributed by atoms with Gasteiger partial charge in [-0.05, 0) is 20.8 Å². The molecule has 0 spiro atoms. The number of nitrogens with one attached hydrogen (secondary N) is 2.